The number of anilines is 1. The lowest BCUT2D eigenvalue weighted by Gasteiger charge is -2.62. The minimum Gasteiger partial charge on any atom is -0.465 e. The molecule has 0 radical (unpaired) electrons. The molecule has 1 unspecified atom stereocenters. The van der Waals surface area contributed by atoms with E-state index in [2.05, 4.69) is 15.2 Å². The number of benzene rings is 1. The number of aliphatic hydroxyl groups is 2. The number of aromatic nitrogens is 3. The molecule has 1 aromatic carbocycles. The van der Waals surface area contributed by atoms with Gasteiger partial charge in [0.2, 0.25) is 5.60 Å². The summed E-state index contributed by atoms with van der Waals surface area (Å²) in [5.41, 5.74) is 5.73. The van der Waals surface area contributed by atoms with E-state index in [0.717, 1.165) is 5.92 Å². The lowest BCUT2D eigenvalue weighted by molar-refractivity contribution is -0.144. The third-order valence-corrected chi connectivity index (χ3v) is 10.3. The first-order valence-electron chi connectivity index (χ1n) is 14.1. The summed E-state index contributed by atoms with van der Waals surface area (Å²) in [6.45, 7) is 2.62. The zero-order valence-corrected chi connectivity index (χ0v) is 24.5. The van der Waals surface area contributed by atoms with Gasteiger partial charge in [0, 0.05) is 0 Å². The molecule has 3 heterocycles. The largest absolute Gasteiger partial charge is 0.465 e. The van der Waals surface area contributed by atoms with E-state index in [9.17, 15) is 24.8 Å². The Morgan fingerprint density at radius 2 is 2.00 bits per heavy atom. The van der Waals surface area contributed by atoms with Gasteiger partial charge in [-0.15, -0.1) is 0 Å². The lowest BCUT2D eigenvalue weighted by atomic mass is 9.42. The van der Waals surface area contributed by atoms with E-state index in [1.807, 2.05) is 18.2 Å². The van der Waals surface area contributed by atoms with Gasteiger partial charge in [-0.3, -0.25) is 9.32 Å². The van der Waals surface area contributed by atoms with E-state index in [0.29, 0.717) is 5.52 Å². The van der Waals surface area contributed by atoms with E-state index in [-0.39, 0.29) is 29.3 Å². The van der Waals surface area contributed by atoms with Crippen LogP contribution in [-0.4, -0.2) is 68.3 Å². The van der Waals surface area contributed by atoms with E-state index >= 15 is 0 Å². The topological polar surface area (TPSA) is 204 Å². The van der Waals surface area contributed by atoms with Gasteiger partial charge in [-0.2, -0.15) is 15.4 Å². The molecule has 2 bridgehead atoms. The molecule has 4 fully saturated rings. The van der Waals surface area contributed by atoms with Crippen molar-refractivity contribution in [3.05, 3.63) is 54.0 Å². The van der Waals surface area contributed by atoms with Gasteiger partial charge >= 0.3 is 13.7 Å². The maximum atomic E-state index is 14.0. The van der Waals surface area contributed by atoms with E-state index in [1.54, 1.807) is 25.1 Å². The van der Waals surface area contributed by atoms with Crippen LogP contribution in [0.1, 0.15) is 44.4 Å². The highest BCUT2D eigenvalue weighted by molar-refractivity contribution is 7.52. The Labute approximate surface area is 247 Å². The highest BCUT2D eigenvalue weighted by atomic mass is 31.2. The Hall–Kier alpha value is -3.57. The number of nitriles is 1. The van der Waals surface area contributed by atoms with Crippen molar-refractivity contribution in [2.45, 2.75) is 68.5 Å². The third-order valence-electron chi connectivity index (χ3n) is 8.62. The zero-order valence-electron chi connectivity index (χ0n) is 23.6. The monoisotopic (exact) mass is 612 g/mol. The highest BCUT2D eigenvalue weighted by Gasteiger charge is 2.58. The van der Waals surface area contributed by atoms with Crippen LogP contribution in [0.5, 0.6) is 5.75 Å². The van der Waals surface area contributed by atoms with Crippen LogP contribution >= 0.6 is 7.75 Å². The second kappa shape index (κ2) is 10.9. The summed E-state index contributed by atoms with van der Waals surface area (Å²) < 4.78 is 37.7. The van der Waals surface area contributed by atoms with Gasteiger partial charge in [0.1, 0.15) is 48.0 Å². The predicted octanol–water partition coefficient (Wildman–Crippen LogP) is 1.95. The highest BCUT2D eigenvalue weighted by Crippen LogP contribution is 2.65. The molecule has 0 spiro atoms. The number of ether oxygens (including phenoxy) is 2. The van der Waals surface area contributed by atoms with Crippen molar-refractivity contribution in [2.75, 3.05) is 18.9 Å². The van der Waals surface area contributed by atoms with Gasteiger partial charge in [0.25, 0.3) is 0 Å². The summed E-state index contributed by atoms with van der Waals surface area (Å²) in [5, 5.41) is 38.8. The van der Waals surface area contributed by atoms with Gasteiger partial charge in [0.15, 0.2) is 5.82 Å². The van der Waals surface area contributed by atoms with Crippen LogP contribution < -0.4 is 15.3 Å². The van der Waals surface area contributed by atoms with Crippen LogP contribution in [0.15, 0.2) is 42.7 Å². The lowest BCUT2D eigenvalue weighted by Crippen LogP contribution is -2.55. The van der Waals surface area contributed by atoms with Crippen LogP contribution in [-0.2, 0) is 34.4 Å². The number of hydrogen-bond acceptors (Lipinski definition) is 12. The number of nitrogens with one attached hydrogen (secondary N) is 1. The van der Waals surface area contributed by atoms with E-state index in [4.69, 9.17) is 24.3 Å². The molecule has 1 aliphatic heterocycles. The maximum absolute atomic E-state index is 14.0. The third kappa shape index (κ3) is 4.96. The first-order valence-corrected chi connectivity index (χ1v) is 15.6. The van der Waals surface area contributed by atoms with Crippen LogP contribution in [0.25, 0.3) is 5.52 Å². The van der Waals surface area contributed by atoms with Crippen molar-refractivity contribution in [3.63, 3.8) is 0 Å². The van der Waals surface area contributed by atoms with Crippen LogP contribution in [0, 0.1) is 17.2 Å². The summed E-state index contributed by atoms with van der Waals surface area (Å²) in [4.78, 5) is 16.3. The standard InChI is InChI=1S/C28H33N6O8P/c1-3-39-26(37)16(2)33-43(38,42-19-6-4-18(5-7-19)27-10-17(11-27)12-27)40-13-21-23(35)24(36)28(14-29,41-21)22-9-8-20-25(30)31-15-32-34(20)22/h4-9,15-17,21,23-24,35-36H,3,10-13H2,1-2H3,(H,33,38)(H2,30,31,32)/t16-,17?,21+,23+,24+,27?,28-,43?/m0/s1. The fourth-order valence-electron chi connectivity index (χ4n) is 6.21. The number of carbonyl (C=O) groups is 1. The van der Waals surface area contributed by atoms with Crippen molar-refractivity contribution in [2.24, 2.45) is 5.92 Å². The molecule has 2 aromatic heterocycles. The maximum Gasteiger partial charge on any atom is 0.459 e. The van der Waals surface area contributed by atoms with Gasteiger partial charge in [-0.05, 0) is 74.3 Å². The van der Waals surface area contributed by atoms with Crippen LogP contribution in [0.3, 0.4) is 0 Å². The van der Waals surface area contributed by atoms with Crippen molar-refractivity contribution in [1.82, 2.24) is 19.7 Å². The van der Waals surface area contributed by atoms with Crippen molar-refractivity contribution < 1.29 is 38.1 Å². The molecule has 4 aliphatic rings. The number of nitrogens with two attached hydrogens (primary N) is 1. The SMILES string of the molecule is CCOC(=O)[C@H](C)NP(=O)(OC[C@H]1O[C@@](C#N)(c2ccc3c(N)ncnn23)[C@H](O)[C@@H]1O)Oc1ccc(C23CC(C2)C3)cc1. The zero-order chi connectivity index (χ0) is 30.6. The van der Waals surface area contributed by atoms with E-state index < -0.39 is 50.3 Å². The molecule has 5 N–H and O–H groups in total. The number of nitrogens with zero attached hydrogens (tertiary/aromatic N) is 4. The number of aliphatic hydroxyl groups excluding tert-OH is 2. The predicted molar refractivity (Wildman–Crippen MR) is 150 cm³/mol. The summed E-state index contributed by atoms with van der Waals surface area (Å²) >= 11 is 0. The Morgan fingerprint density at radius 3 is 2.63 bits per heavy atom. The summed E-state index contributed by atoms with van der Waals surface area (Å²) in [7, 11) is -4.32. The van der Waals surface area contributed by atoms with Gasteiger partial charge < -0.3 is 29.9 Å². The van der Waals surface area contributed by atoms with Crippen molar-refractivity contribution >= 4 is 25.1 Å². The van der Waals surface area contributed by atoms with E-state index in [1.165, 1.54) is 48.7 Å². The molecular weight excluding hydrogens is 579 g/mol. The summed E-state index contributed by atoms with van der Waals surface area (Å²) in [6, 6.07) is 11.2. The molecule has 1 saturated heterocycles. The molecule has 3 aliphatic carbocycles. The molecule has 3 saturated carbocycles. The molecule has 6 atom stereocenters. The molecule has 7 rings (SSSR count). The van der Waals surface area contributed by atoms with Crippen LogP contribution in [0.4, 0.5) is 5.82 Å². The normalized spacial score (nSPS) is 31.3. The molecule has 14 nitrogen and oxygen atoms in total. The van der Waals surface area contributed by atoms with Crippen molar-refractivity contribution in [1.29, 1.82) is 5.26 Å². The van der Waals surface area contributed by atoms with Crippen LogP contribution in [0.2, 0.25) is 0 Å². The second-order valence-corrected chi connectivity index (χ2v) is 13.1. The Balaban J connectivity index is 1.22. The number of rotatable bonds is 11. The molecule has 43 heavy (non-hydrogen) atoms. The quantitative estimate of drug-likeness (QED) is 0.181. The number of fused-ring (bicyclic) bond motifs is 1. The molecule has 3 aromatic rings. The van der Waals surface area contributed by atoms with Crippen molar-refractivity contribution in [3.8, 4) is 11.8 Å². The first kappa shape index (κ1) is 29.5. The smallest absolute Gasteiger partial charge is 0.459 e. The summed E-state index contributed by atoms with van der Waals surface area (Å²) in [5.74, 6) is 0.511. The van der Waals surface area contributed by atoms with Gasteiger partial charge in [-0.25, -0.2) is 14.1 Å². The first-order chi connectivity index (χ1) is 20.5. The average Bonchev–Trinajstić information content (AvgIpc) is 3.48. The van der Waals surface area contributed by atoms with Gasteiger partial charge in [-0.1, -0.05) is 12.1 Å². The average molecular weight is 613 g/mol. The number of hydrogen-bond donors (Lipinski definition) is 4. The summed E-state index contributed by atoms with van der Waals surface area (Å²) in [6.07, 6.45) is -0.00133. The molecule has 15 heteroatoms. The number of esters is 1. The molecule has 0 amide bonds. The number of nitrogen functional groups attached to an aromatic ring is 1. The molecular formula is C28H33N6O8P. The molecule has 228 valence electrons. The fraction of sp³-hybridized carbons (Fsp3) is 0.500. The fourth-order valence-corrected chi connectivity index (χ4v) is 7.71. The second-order valence-electron chi connectivity index (χ2n) is 11.4. The minimum atomic E-state index is -4.32. The Kier molecular flexibility index (Phi) is 7.45. The Bertz CT molecular complexity index is 1610. The minimum absolute atomic E-state index is 0.102. The van der Waals surface area contributed by atoms with Gasteiger partial charge in [0.05, 0.1) is 18.9 Å². The number of carbonyl (C=O) groups excluding carboxylic acids is 1. The Morgan fingerprint density at radius 1 is 1.28 bits per heavy atom.